The molecule has 0 saturated carbocycles. The second kappa shape index (κ2) is 7.44. The number of carbonyl (C=O) groups is 1. The lowest BCUT2D eigenvalue weighted by Crippen LogP contribution is -2.45. The van der Waals surface area contributed by atoms with E-state index < -0.39 is 27.2 Å². The Balaban J connectivity index is 3.11. The standard InChI is InChI=1S/C15H23ClN2O3S/c1-10(2)14(12-8-6-7-9-13(12)16)17-22(20,21)11(3)15(19)18(4)5/h6-11,14,17H,1-5H3/t11-,14-/m0/s1. The molecule has 0 spiro atoms. The molecule has 0 unspecified atom stereocenters. The number of carbonyl (C=O) groups excluding carboxylic acids is 1. The van der Waals surface area contributed by atoms with Gasteiger partial charge in [0.2, 0.25) is 15.9 Å². The number of amides is 1. The third-order valence-corrected chi connectivity index (χ3v) is 5.51. The van der Waals surface area contributed by atoms with Crippen LogP contribution in [0.5, 0.6) is 0 Å². The third-order valence-electron chi connectivity index (χ3n) is 3.45. The molecule has 124 valence electrons. The van der Waals surface area contributed by atoms with Gasteiger partial charge in [0.15, 0.2) is 5.25 Å². The molecule has 0 fully saturated rings. The highest BCUT2D eigenvalue weighted by molar-refractivity contribution is 7.90. The molecule has 2 atom stereocenters. The molecule has 1 N–H and O–H groups in total. The summed E-state index contributed by atoms with van der Waals surface area (Å²) in [7, 11) is -0.753. The highest BCUT2D eigenvalue weighted by Crippen LogP contribution is 2.29. The van der Waals surface area contributed by atoms with Gasteiger partial charge in [-0.05, 0) is 24.5 Å². The van der Waals surface area contributed by atoms with Gasteiger partial charge < -0.3 is 4.90 Å². The van der Waals surface area contributed by atoms with Crippen LogP contribution >= 0.6 is 11.6 Å². The minimum absolute atomic E-state index is 0.0173. The maximum atomic E-state index is 12.5. The van der Waals surface area contributed by atoms with Crippen LogP contribution in [0.4, 0.5) is 0 Å². The summed E-state index contributed by atoms with van der Waals surface area (Å²) < 4.78 is 27.6. The van der Waals surface area contributed by atoms with Crippen LogP contribution in [0.2, 0.25) is 5.02 Å². The maximum absolute atomic E-state index is 12.5. The second-order valence-electron chi connectivity index (χ2n) is 5.78. The third kappa shape index (κ3) is 4.44. The van der Waals surface area contributed by atoms with E-state index in [9.17, 15) is 13.2 Å². The van der Waals surface area contributed by atoms with Gasteiger partial charge in [-0.1, -0.05) is 43.6 Å². The summed E-state index contributed by atoms with van der Waals surface area (Å²) in [6.07, 6.45) is 0. The van der Waals surface area contributed by atoms with Crippen LogP contribution in [0, 0.1) is 5.92 Å². The lowest BCUT2D eigenvalue weighted by Gasteiger charge is -2.26. The second-order valence-corrected chi connectivity index (χ2v) is 8.22. The average Bonchev–Trinajstić information content (AvgIpc) is 2.43. The van der Waals surface area contributed by atoms with Gasteiger partial charge in [0.1, 0.15) is 0 Å². The van der Waals surface area contributed by atoms with Gasteiger partial charge >= 0.3 is 0 Å². The summed E-state index contributed by atoms with van der Waals surface area (Å²) in [4.78, 5) is 13.2. The smallest absolute Gasteiger partial charge is 0.241 e. The van der Waals surface area contributed by atoms with Crippen molar-refractivity contribution in [3.05, 3.63) is 34.9 Å². The van der Waals surface area contributed by atoms with Crippen LogP contribution in [0.3, 0.4) is 0 Å². The fraction of sp³-hybridized carbons (Fsp3) is 0.533. The summed E-state index contributed by atoms with van der Waals surface area (Å²) >= 11 is 6.17. The lowest BCUT2D eigenvalue weighted by molar-refractivity contribution is -0.127. The zero-order valence-electron chi connectivity index (χ0n) is 13.5. The average molecular weight is 347 g/mol. The van der Waals surface area contributed by atoms with Gasteiger partial charge in [-0.25, -0.2) is 13.1 Å². The van der Waals surface area contributed by atoms with Crippen LogP contribution in [0.1, 0.15) is 32.4 Å². The lowest BCUT2D eigenvalue weighted by atomic mass is 9.97. The summed E-state index contributed by atoms with van der Waals surface area (Å²) in [5.74, 6) is -0.481. The molecule has 0 bridgehead atoms. The highest BCUT2D eigenvalue weighted by Gasteiger charge is 2.33. The Bertz CT molecular complexity index is 629. The molecule has 0 aliphatic rings. The Labute approximate surface area is 137 Å². The van der Waals surface area contributed by atoms with Crippen LogP contribution < -0.4 is 4.72 Å². The fourth-order valence-electron chi connectivity index (χ4n) is 2.06. The number of hydrogen-bond acceptors (Lipinski definition) is 3. The Morgan fingerprint density at radius 1 is 1.18 bits per heavy atom. The number of halogens is 1. The first kappa shape index (κ1) is 18.9. The molecule has 1 amide bonds. The molecule has 7 heteroatoms. The normalized spacial score (nSPS) is 14.7. The Morgan fingerprint density at radius 3 is 2.18 bits per heavy atom. The van der Waals surface area contributed by atoms with E-state index in [1.54, 1.807) is 24.3 Å². The molecule has 0 heterocycles. The van der Waals surface area contributed by atoms with Crippen molar-refractivity contribution >= 4 is 27.5 Å². The predicted octanol–water partition coefficient (Wildman–Crippen LogP) is 2.43. The van der Waals surface area contributed by atoms with Crippen molar-refractivity contribution in [2.24, 2.45) is 5.92 Å². The largest absolute Gasteiger partial charge is 0.348 e. The number of hydrogen-bond donors (Lipinski definition) is 1. The first-order valence-electron chi connectivity index (χ1n) is 7.04. The molecule has 1 aromatic carbocycles. The summed E-state index contributed by atoms with van der Waals surface area (Å²) in [5, 5.41) is -0.665. The monoisotopic (exact) mass is 346 g/mol. The molecule has 0 saturated heterocycles. The van der Waals surface area contributed by atoms with Gasteiger partial charge in [-0.15, -0.1) is 0 Å². The minimum Gasteiger partial charge on any atom is -0.348 e. The quantitative estimate of drug-likeness (QED) is 0.860. The number of sulfonamides is 1. The first-order chi connectivity index (χ1) is 10.1. The van der Waals surface area contributed by atoms with Crippen molar-refractivity contribution in [2.75, 3.05) is 14.1 Å². The molecule has 0 aliphatic heterocycles. The van der Waals surface area contributed by atoms with Gasteiger partial charge in [0.25, 0.3) is 0 Å². The van der Waals surface area contributed by atoms with Crippen molar-refractivity contribution in [3.8, 4) is 0 Å². The van der Waals surface area contributed by atoms with Crippen LogP contribution in [0.25, 0.3) is 0 Å². The molecule has 1 aromatic rings. The van der Waals surface area contributed by atoms with E-state index in [-0.39, 0.29) is 5.92 Å². The topological polar surface area (TPSA) is 66.5 Å². The van der Waals surface area contributed by atoms with Crippen molar-refractivity contribution < 1.29 is 13.2 Å². The molecule has 0 aromatic heterocycles. The van der Waals surface area contributed by atoms with E-state index in [4.69, 9.17) is 11.6 Å². The van der Waals surface area contributed by atoms with Crippen LogP contribution in [-0.2, 0) is 14.8 Å². The van der Waals surface area contributed by atoms with E-state index >= 15 is 0 Å². The van der Waals surface area contributed by atoms with Crippen LogP contribution in [-0.4, -0.2) is 38.6 Å². The first-order valence-corrected chi connectivity index (χ1v) is 8.97. The summed E-state index contributed by atoms with van der Waals surface area (Å²) in [5.41, 5.74) is 0.701. The van der Waals surface area contributed by atoms with E-state index in [1.165, 1.54) is 25.9 Å². The zero-order valence-corrected chi connectivity index (χ0v) is 15.1. The molecule has 22 heavy (non-hydrogen) atoms. The van der Waals surface area contributed by atoms with E-state index in [0.717, 1.165) is 0 Å². The van der Waals surface area contributed by atoms with Gasteiger partial charge in [-0.2, -0.15) is 0 Å². The predicted molar refractivity (Wildman–Crippen MR) is 89.2 cm³/mol. The van der Waals surface area contributed by atoms with E-state index in [2.05, 4.69) is 4.72 Å². The van der Waals surface area contributed by atoms with E-state index in [0.29, 0.717) is 10.6 Å². The number of rotatable bonds is 6. The van der Waals surface area contributed by atoms with Gasteiger partial charge in [0, 0.05) is 19.1 Å². The van der Waals surface area contributed by atoms with Crippen molar-refractivity contribution in [3.63, 3.8) is 0 Å². The number of benzene rings is 1. The van der Waals surface area contributed by atoms with Crippen LogP contribution in [0.15, 0.2) is 24.3 Å². The molecule has 0 aliphatic carbocycles. The van der Waals surface area contributed by atoms with Crippen molar-refractivity contribution in [1.82, 2.24) is 9.62 Å². The molecular formula is C15H23ClN2O3S. The Kier molecular flexibility index (Phi) is 6.40. The van der Waals surface area contributed by atoms with Crippen molar-refractivity contribution in [2.45, 2.75) is 32.1 Å². The molecule has 0 radical (unpaired) electrons. The maximum Gasteiger partial charge on any atom is 0.241 e. The zero-order chi connectivity index (χ0) is 17.1. The summed E-state index contributed by atoms with van der Waals surface area (Å²) in [6, 6.07) is 6.61. The number of nitrogens with zero attached hydrogens (tertiary/aromatic N) is 1. The number of nitrogens with one attached hydrogen (secondary N) is 1. The fourth-order valence-corrected chi connectivity index (χ4v) is 3.75. The highest BCUT2D eigenvalue weighted by atomic mass is 35.5. The van der Waals surface area contributed by atoms with E-state index in [1.807, 2.05) is 13.8 Å². The minimum atomic E-state index is -3.81. The Hall–Kier alpha value is -1.11. The SMILES string of the molecule is CC(C)[C@H](NS(=O)(=O)[C@@H](C)C(=O)N(C)C)c1ccccc1Cl. The molecular weight excluding hydrogens is 324 g/mol. The summed E-state index contributed by atoms with van der Waals surface area (Å²) in [6.45, 7) is 5.18. The van der Waals surface area contributed by atoms with Gasteiger partial charge in [0.05, 0.1) is 6.04 Å². The van der Waals surface area contributed by atoms with Gasteiger partial charge in [-0.3, -0.25) is 4.79 Å². The van der Waals surface area contributed by atoms with Crippen molar-refractivity contribution in [1.29, 1.82) is 0 Å². The Morgan fingerprint density at radius 2 is 1.73 bits per heavy atom. The molecule has 5 nitrogen and oxygen atoms in total. The molecule has 1 rings (SSSR count).